The molecule has 30 valence electrons. The van der Waals surface area contributed by atoms with E-state index in [0.29, 0.717) is 0 Å². The lowest BCUT2D eigenvalue weighted by Crippen LogP contribution is -2.05. The van der Waals surface area contributed by atoms with Crippen LogP contribution >= 0.6 is 22.9 Å². The number of hydrogen-bond acceptors (Lipinski definition) is 1. The summed E-state index contributed by atoms with van der Waals surface area (Å²) in [7, 11) is 0. The summed E-state index contributed by atoms with van der Waals surface area (Å²) in [5.74, 6) is 0. The lowest BCUT2D eigenvalue weighted by Gasteiger charge is -1.75. The van der Waals surface area contributed by atoms with Gasteiger partial charge in [-0.25, -0.2) is 4.79 Å². The highest BCUT2D eigenvalue weighted by atomic mass is 127. The summed E-state index contributed by atoms with van der Waals surface area (Å²) in [6.07, 6.45) is -1.01. The molecule has 0 bridgehead atoms. The number of hydrogen-bond donors (Lipinski definition) is 2. The maximum atomic E-state index is 9.25. The Balaban J connectivity index is 2.85. The highest BCUT2D eigenvalue weighted by Gasteiger charge is 1.79. The molecule has 0 atom stereocenters. The first-order valence-corrected chi connectivity index (χ1v) is 1.95. The first kappa shape index (κ1) is 5.00. The fourth-order valence-corrected chi connectivity index (χ4v) is 0. The third kappa shape index (κ3) is 4.00. The van der Waals surface area contributed by atoms with E-state index >= 15 is 0 Å². The van der Waals surface area contributed by atoms with Crippen molar-refractivity contribution in [1.29, 1.82) is 0 Å². The molecule has 0 aromatic rings. The molecule has 0 aliphatic carbocycles. The Morgan fingerprint density at radius 3 is 2.20 bits per heavy atom. The molecular formula is CH2INO2. The highest BCUT2D eigenvalue weighted by molar-refractivity contribution is 14.1. The predicted molar refractivity (Wildman–Crippen MR) is 25.2 cm³/mol. The van der Waals surface area contributed by atoms with E-state index in [1.165, 1.54) is 22.9 Å². The standard InChI is InChI=1S/CH2INO2/c2-3-1(4)5/h3H,(H,4,5). The molecule has 0 heterocycles. The number of nitrogens with one attached hydrogen (secondary N) is 1. The van der Waals surface area contributed by atoms with Crippen LogP contribution in [-0.2, 0) is 0 Å². The molecule has 0 fully saturated rings. The van der Waals surface area contributed by atoms with Crippen molar-refractivity contribution in [3.63, 3.8) is 0 Å². The zero-order valence-electron chi connectivity index (χ0n) is 2.23. The number of carbonyl (C=O) groups is 1. The Morgan fingerprint density at radius 2 is 2.20 bits per heavy atom. The van der Waals surface area contributed by atoms with Gasteiger partial charge in [-0.05, 0) is 0 Å². The fourth-order valence-electron chi connectivity index (χ4n) is 0. The van der Waals surface area contributed by atoms with Crippen LogP contribution in [0.3, 0.4) is 0 Å². The molecule has 0 aromatic heterocycles. The van der Waals surface area contributed by atoms with Gasteiger partial charge >= 0.3 is 6.09 Å². The predicted octanol–water partition coefficient (Wildman–Crippen LogP) is 0.604. The van der Waals surface area contributed by atoms with Gasteiger partial charge < -0.3 is 5.11 Å². The summed E-state index contributed by atoms with van der Waals surface area (Å²) in [4.78, 5) is 9.25. The van der Waals surface area contributed by atoms with E-state index in [1.54, 1.807) is 0 Å². The van der Waals surface area contributed by atoms with Crippen molar-refractivity contribution < 1.29 is 9.90 Å². The summed E-state index contributed by atoms with van der Waals surface area (Å²) in [6, 6.07) is 0. The third-order valence-corrected chi connectivity index (χ3v) is 0.542. The van der Waals surface area contributed by atoms with E-state index in [1.807, 2.05) is 3.53 Å². The molecule has 2 N–H and O–H groups in total. The van der Waals surface area contributed by atoms with E-state index in [0.717, 1.165) is 0 Å². The summed E-state index contributed by atoms with van der Waals surface area (Å²) < 4.78 is 1.91. The van der Waals surface area contributed by atoms with Crippen molar-refractivity contribution in [2.24, 2.45) is 0 Å². The molecule has 3 nitrogen and oxygen atoms in total. The number of rotatable bonds is 0. The molecule has 0 aliphatic heterocycles. The SMILES string of the molecule is O=C(O)NI. The van der Waals surface area contributed by atoms with Gasteiger partial charge in [-0.3, -0.25) is 3.53 Å². The van der Waals surface area contributed by atoms with Gasteiger partial charge in [0.1, 0.15) is 0 Å². The topological polar surface area (TPSA) is 49.3 Å². The smallest absolute Gasteiger partial charge is 0.413 e. The Morgan fingerprint density at radius 1 is 2.00 bits per heavy atom. The van der Waals surface area contributed by atoms with Crippen LogP contribution in [-0.4, -0.2) is 11.2 Å². The minimum atomic E-state index is -1.01. The van der Waals surface area contributed by atoms with Gasteiger partial charge in [-0.15, -0.1) is 0 Å². The summed E-state index contributed by atoms with van der Waals surface area (Å²) >= 11 is 1.53. The normalized spacial score (nSPS) is 6.60. The summed E-state index contributed by atoms with van der Waals surface area (Å²) in [5.41, 5.74) is 0. The zero-order chi connectivity index (χ0) is 4.28. The zero-order valence-corrected chi connectivity index (χ0v) is 4.39. The van der Waals surface area contributed by atoms with Crippen molar-refractivity contribution in [3.05, 3.63) is 0 Å². The number of amides is 1. The average molecular weight is 187 g/mol. The minimum absolute atomic E-state index is 1.01. The summed E-state index contributed by atoms with van der Waals surface area (Å²) in [6.45, 7) is 0. The van der Waals surface area contributed by atoms with E-state index in [4.69, 9.17) is 5.11 Å². The van der Waals surface area contributed by atoms with Crippen LogP contribution in [0.4, 0.5) is 4.79 Å². The van der Waals surface area contributed by atoms with E-state index in [-0.39, 0.29) is 0 Å². The second kappa shape index (κ2) is 2.25. The molecular weight excluding hydrogens is 185 g/mol. The number of carboxylic acid groups (broad SMARTS) is 1. The molecule has 0 spiro atoms. The molecule has 0 saturated heterocycles. The van der Waals surface area contributed by atoms with Crippen LogP contribution in [0.1, 0.15) is 0 Å². The first-order valence-electron chi connectivity index (χ1n) is 0.867. The van der Waals surface area contributed by atoms with E-state index < -0.39 is 6.09 Å². The highest BCUT2D eigenvalue weighted by Crippen LogP contribution is 1.64. The van der Waals surface area contributed by atoms with Gasteiger partial charge in [0.15, 0.2) is 0 Å². The molecule has 0 aliphatic rings. The molecule has 0 rings (SSSR count). The Labute approximate surface area is 42.9 Å². The largest absolute Gasteiger partial charge is 0.465 e. The molecule has 0 aromatic carbocycles. The minimum Gasteiger partial charge on any atom is -0.465 e. The van der Waals surface area contributed by atoms with Crippen molar-refractivity contribution in [3.8, 4) is 0 Å². The molecule has 5 heavy (non-hydrogen) atoms. The van der Waals surface area contributed by atoms with Gasteiger partial charge in [0.2, 0.25) is 0 Å². The van der Waals surface area contributed by atoms with Gasteiger partial charge in [0, 0.05) is 0 Å². The fraction of sp³-hybridized carbons (Fsp3) is 0. The van der Waals surface area contributed by atoms with Gasteiger partial charge in [-0.1, -0.05) is 0 Å². The molecule has 1 amide bonds. The Kier molecular flexibility index (Phi) is 2.25. The average Bonchev–Trinajstić information content (AvgIpc) is 1.38. The first-order chi connectivity index (χ1) is 2.27. The molecule has 0 unspecified atom stereocenters. The van der Waals surface area contributed by atoms with Gasteiger partial charge in [0.25, 0.3) is 0 Å². The van der Waals surface area contributed by atoms with Gasteiger partial charge in [0.05, 0.1) is 22.9 Å². The monoisotopic (exact) mass is 187 g/mol. The summed E-state index contributed by atoms with van der Waals surface area (Å²) in [5, 5.41) is 7.60. The van der Waals surface area contributed by atoms with Crippen LogP contribution in [0.5, 0.6) is 0 Å². The van der Waals surface area contributed by atoms with Gasteiger partial charge in [-0.2, -0.15) is 0 Å². The van der Waals surface area contributed by atoms with Crippen LogP contribution in [0.2, 0.25) is 0 Å². The van der Waals surface area contributed by atoms with E-state index in [9.17, 15) is 4.79 Å². The second-order valence-corrected chi connectivity index (χ2v) is 0.939. The van der Waals surface area contributed by atoms with Crippen LogP contribution in [0.25, 0.3) is 0 Å². The van der Waals surface area contributed by atoms with Crippen LogP contribution in [0, 0.1) is 0 Å². The molecule has 0 saturated carbocycles. The van der Waals surface area contributed by atoms with Crippen molar-refractivity contribution >= 4 is 29.0 Å². The second-order valence-electron chi connectivity index (χ2n) is 0.400. The Hall–Kier alpha value is 0. The molecule has 4 heteroatoms. The van der Waals surface area contributed by atoms with Crippen molar-refractivity contribution in [2.75, 3.05) is 0 Å². The Bertz CT molecular complexity index is 44.9. The third-order valence-electron chi connectivity index (χ3n) is 0.0808. The maximum Gasteiger partial charge on any atom is 0.413 e. The van der Waals surface area contributed by atoms with Crippen LogP contribution < -0.4 is 3.53 Å². The van der Waals surface area contributed by atoms with Crippen molar-refractivity contribution in [1.82, 2.24) is 3.53 Å². The molecule has 0 radical (unpaired) electrons. The number of halogens is 1. The van der Waals surface area contributed by atoms with Crippen molar-refractivity contribution in [2.45, 2.75) is 0 Å². The lowest BCUT2D eigenvalue weighted by molar-refractivity contribution is 0.203. The quantitative estimate of drug-likeness (QED) is 0.431. The van der Waals surface area contributed by atoms with E-state index in [2.05, 4.69) is 0 Å². The lowest BCUT2D eigenvalue weighted by atomic mass is 11.3. The maximum absolute atomic E-state index is 9.25. The van der Waals surface area contributed by atoms with Crippen LogP contribution in [0.15, 0.2) is 0 Å².